The van der Waals surface area contributed by atoms with Crippen LogP contribution in [0, 0.1) is 6.57 Å². The average Bonchev–Trinajstić information content (AvgIpc) is 1.63. The van der Waals surface area contributed by atoms with Gasteiger partial charge in [0.05, 0.1) is 6.10 Å². The number of ether oxygens (including phenoxy) is 1. The van der Waals surface area contributed by atoms with Gasteiger partial charge in [0, 0.05) is 0 Å². The molecule has 0 spiro atoms. The lowest BCUT2D eigenvalue weighted by Gasteiger charge is -2.02. The Morgan fingerprint density at radius 3 is 2.67 bits per heavy atom. The van der Waals surface area contributed by atoms with E-state index in [-0.39, 0.29) is 12.6 Å². The highest BCUT2D eigenvalue weighted by Gasteiger charge is 2.05. The van der Waals surface area contributed by atoms with Crippen molar-refractivity contribution in [3.63, 3.8) is 0 Å². The van der Waals surface area contributed by atoms with Crippen LogP contribution in [0.2, 0.25) is 0 Å². The summed E-state index contributed by atoms with van der Waals surface area (Å²) < 4.78 is 4.64. The van der Waals surface area contributed by atoms with E-state index in [9.17, 15) is 4.79 Å². The van der Waals surface area contributed by atoms with Crippen molar-refractivity contribution < 1.29 is 9.53 Å². The van der Waals surface area contributed by atoms with Crippen LogP contribution >= 0.6 is 0 Å². The van der Waals surface area contributed by atoms with Crippen molar-refractivity contribution in [1.29, 1.82) is 0 Å². The van der Waals surface area contributed by atoms with E-state index in [1.165, 1.54) is 0 Å². The highest BCUT2D eigenvalue weighted by Crippen LogP contribution is 1.88. The molecule has 3 heteroatoms. The predicted molar refractivity (Wildman–Crippen MR) is 32.7 cm³/mol. The van der Waals surface area contributed by atoms with E-state index < -0.39 is 5.97 Å². The molecule has 0 saturated heterocycles. The molecule has 0 aromatic heterocycles. The molecule has 0 bridgehead atoms. The highest BCUT2D eigenvalue weighted by atomic mass is 16.5. The molecule has 0 aliphatic heterocycles. The van der Waals surface area contributed by atoms with Gasteiger partial charge < -0.3 is 9.58 Å². The van der Waals surface area contributed by atoms with Crippen LogP contribution < -0.4 is 0 Å². The zero-order valence-corrected chi connectivity index (χ0v) is 5.55. The van der Waals surface area contributed by atoms with E-state index in [1.54, 1.807) is 13.8 Å². The molecule has 0 N–H and O–H groups in total. The van der Waals surface area contributed by atoms with Gasteiger partial charge in [0.25, 0.3) is 0 Å². The van der Waals surface area contributed by atoms with Crippen LogP contribution in [-0.2, 0) is 9.53 Å². The molecule has 0 aromatic carbocycles. The van der Waals surface area contributed by atoms with Gasteiger partial charge in [-0.2, -0.15) is 0 Å². The van der Waals surface area contributed by atoms with Crippen molar-refractivity contribution in [1.82, 2.24) is 0 Å². The van der Waals surface area contributed by atoms with E-state index in [1.807, 2.05) is 0 Å². The second kappa shape index (κ2) is 3.90. The largest absolute Gasteiger partial charge is 0.457 e. The fourth-order valence-electron chi connectivity index (χ4n) is 0.365. The maximum Gasteiger partial charge on any atom is 0.387 e. The van der Waals surface area contributed by atoms with Crippen molar-refractivity contribution in [3.05, 3.63) is 11.4 Å². The van der Waals surface area contributed by atoms with Crippen LogP contribution in [0.3, 0.4) is 0 Å². The fourth-order valence-corrected chi connectivity index (χ4v) is 0.365. The minimum absolute atomic E-state index is 0.112. The smallest absolute Gasteiger partial charge is 0.387 e. The summed E-state index contributed by atoms with van der Waals surface area (Å²) in [6.45, 7) is 9.64. The lowest BCUT2D eigenvalue weighted by Crippen LogP contribution is -2.12. The van der Waals surface area contributed by atoms with E-state index in [4.69, 9.17) is 6.57 Å². The second-order valence-corrected chi connectivity index (χ2v) is 1.85. The van der Waals surface area contributed by atoms with Gasteiger partial charge in [-0.3, -0.25) is 0 Å². The number of hydrogen-bond donors (Lipinski definition) is 0. The SMILES string of the molecule is [C-]#[N+]CC(=O)OC(C)C. The zero-order valence-electron chi connectivity index (χ0n) is 5.55. The number of hydrogen-bond acceptors (Lipinski definition) is 2. The molecule has 3 nitrogen and oxygen atoms in total. The fraction of sp³-hybridized carbons (Fsp3) is 0.667. The quantitative estimate of drug-likeness (QED) is 0.407. The molecule has 0 heterocycles. The minimum atomic E-state index is -0.444. The Kier molecular flexibility index (Phi) is 3.45. The first-order valence-corrected chi connectivity index (χ1v) is 2.69. The minimum Gasteiger partial charge on any atom is -0.457 e. The molecule has 0 fully saturated rings. The first kappa shape index (κ1) is 7.96. The second-order valence-electron chi connectivity index (χ2n) is 1.85. The summed E-state index contributed by atoms with van der Waals surface area (Å²) in [4.78, 5) is 13.3. The summed E-state index contributed by atoms with van der Waals surface area (Å²) in [7, 11) is 0. The van der Waals surface area contributed by atoms with Crippen LogP contribution in [0.15, 0.2) is 0 Å². The molecule has 50 valence electrons. The maximum absolute atomic E-state index is 10.4. The van der Waals surface area contributed by atoms with Gasteiger partial charge in [-0.05, 0) is 13.8 Å². The van der Waals surface area contributed by atoms with E-state index in [0.717, 1.165) is 0 Å². The van der Waals surface area contributed by atoms with E-state index in [0.29, 0.717) is 0 Å². The monoisotopic (exact) mass is 127 g/mol. The summed E-state index contributed by atoms with van der Waals surface area (Å²) in [6, 6.07) is 0. The normalized spacial score (nSPS) is 8.67. The van der Waals surface area contributed by atoms with Gasteiger partial charge in [0.1, 0.15) is 0 Å². The third kappa shape index (κ3) is 4.82. The zero-order chi connectivity index (χ0) is 7.28. The van der Waals surface area contributed by atoms with Crippen LogP contribution in [0.25, 0.3) is 4.85 Å². The van der Waals surface area contributed by atoms with Crippen molar-refractivity contribution in [3.8, 4) is 0 Å². The van der Waals surface area contributed by atoms with Crippen LogP contribution in [0.1, 0.15) is 13.8 Å². The predicted octanol–water partition coefficient (Wildman–Crippen LogP) is 0.857. The van der Waals surface area contributed by atoms with Gasteiger partial charge in [-0.25, -0.2) is 11.4 Å². The molecular formula is C6H9NO2. The summed E-state index contributed by atoms with van der Waals surface area (Å²) in [5.41, 5.74) is 0. The molecule has 9 heavy (non-hydrogen) atoms. The third-order valence-electron chi connectivity index (χ3n) is 0.575. The maximum atomic E-state index is 10.4. The van der Waals surface area contributed by atoms with Gasteiger partial charge in [0.2, 0.25) is 0 Å². The summed E-state index contributed by atoms with van der Waals surface area (Å²) >= 11 is 0. The third-order valence-corrected chi connectivity index (χ3v) is 0.575. The molecule has 0 radical (unpaired) electrons. The molecule has 0 unspecified atom stereocenters. The van der Waals surface area contributed by atoms with Crippen LogP contribution in [0.5, 0.6) is 0 Å². The first-order valence-electron chi connectivity index (χ1n) is 2.69. The lowest BCUT2D eigenvalue weighted by molar-refractivity contribution is -0.144. The topological polar surface area (TPSA) is 30.7 Å². The summed E-state index contributed by atoms with van der Waals surface area (Å²) in [5, 5.41) is 0. The van der Waals surface area contributed by atoms with Gasteiger partial charge in [0.15, 0.2) is 0 Å². The van der Waals surface area contributed by atoms with Gasteiger partial charge in [-0.1, -0.05) is 0 Å². The van der Waals surface area contributed by atoms with Crippen molar-refractivity contribution in [2.75, 3.05) is 6.54 Å². The molecular weight excluding hydrogens is 118 g/mol. The standard InChI is InChI=1S/C6H9NO2/c1-5(2)9-6(8)4-7-3/h5H,4H2,1-2H3. The Hall–Kier alpha value is -1.04. The molecule has 0 atom stereocenters. The number of rotatable bonds is 2. The molecule has 0 rings (SSSR count). The molecule has 0 aliphatic carbocycles. The summed E-state index contributed by atoms with van der Waals surface area (Å²) in [5.74, 6) is -0.444. The van der Waals surface area contributed by atoms with E-state index >= 15 is 0 Å². The Bertz CT molecular complexity index is 134. The van der Waals surface area contributed by atoms with E-state index in [2.05, 4.69) is 9.58 Å². The number of carbonyl (C=O) groups excluding carboxylic acids is 1. The number of nitrogens with zero attached hydrogens (tertiary/aromatic N) is 1. The van der Waals surface area contributed by atoms with Crippen molar-refractivity contribution >= 4 is 5.97 Å². The lowest BCUT2D eigenvalue weighted by atomic mass is 10.5. The average molecular weight is 127 g/mol. The molecule has 0 saturated carbocycles. The Morgan fingerprint density at radius 2 is 2.33 bits per heavy atom. The number of esters is 1. The Labute approximate surface area is 54.4 Å². The molecule has 0 aliphatic rings. The van der Waals surface area contributed by atoms with Crippen molar-refractivity contribution in [2.24, 2.45) is 0 Å². The van der Waals surface area contributed by atoms with Crippen LogP contribution in [0.4, 0.5) is 0 Å². The first-order chi connectivity index (χ1) is 4.16. The Balaban J connectivity index is 3.42. The molecule has 0 amide bonds. The van der Waals surface area contributed by atoms with Crippen LogP contribution in [-0.4, -0.2) is 18.6 Å². The van der Waals surface area contributed by atoms with Crippen molar-refractivity contribution in [2.45, 2.75) is 20.0 Å². The number of carbonyl (C=O) groups is 1. The highest BCUT2D eigenvalue weighted by molar-refractivity contribution is 5.73. The Morgan fingerprint density at radius 1 is 1.78 bits per heavy atom. The van der Waals surface area contributed by atoms with Gasteiger partial charge in [-0.15, -0.1) is 0 Å². The van der Waals surface area contributed by atoms with Gasteiger partial charge >= 0.3 is 12.5 Å². The molecule has 0 aromatic rings. The summed E-state index contributed by atoms with van der Waals surface area (Å²) in [6.07, 6.45) is -0.112.